The number of aromatic nitrogens is 2. The van der Waals surface area contributed by atoms with Crippen molar-refractivity contribution >= 4 is 47.4 Å². The van der Waals surface area contributed by atoms with E-state index < -0.39 is 29.4 Å². The Kier molecular flexibility index (Phi) is 31.6. The van der Waals surface area contributed by atoms with Crippen molar-refractivity contribution in [3.05, 3.63) is 59.3 Å². The minimum absolute atomic E-state index is 0.0521. The molecule has 0 radical (unpaired) electrons. The summed E-state index contributed by atoms with van der Waals surface area (Å²) < 4.78 is 30.3. The van der Waals surface area contributed by atoms with Gasteiger partial charge in [0.15, 0.2) is 5.69 Å². The van der Waals surface area contributed by atoms with Gasteiger partial charge in [0.2, 0.25) is 17.7 Å². The summed E-state index contributed by atoms with van der Waals surface area (Å²) >= 11 is 0. The van der Waals surface area contributed by atoms with Crippen molar-refractivity contribution in [2.75, 3.05) is 193 Å². The van der Waals surface area contributed by atoms with E-state index in [1.54, 1.807) is 67.1 Å². The number of likely N-dealkylation sites (N-methyl/N-ethyl adjacent to an activating group) is 1. The van der Waals surface area contributed by atoms with Gasteiger partial charge in [0.25, 0.3) is 11.8 Å². The molecule has 5 fully saturated rings. The van der Waals surface area contributed by atoms with Gasteiger partial charge in [-0.05, 0) is 157 Å². The Morgan fingerprint density at radius 3 is 1.63 bits per heavy atom. The summed E-state index contributed by atoms with van der Waals surface area (Å²) in [4.78, 5) is 117. The smallest absolute Gasteiger partial charge is 0.330 e. The Morgan fingerprint density at radius 2 is 1.11 bits per heavy atom. The van der Waals surface area contributed by atoms with Crippen LogP contribution in [-0.2, 0) is 43.0 Å². The summed E-state index contributed by atoms with van der Waals surface area (Å²) in [6, 6.07) is 12.5. The van der Waals surface area contributed by atoms with Gasteiger partial charge >= 0.3 is 17.9 Å². The Balaban J connectivity index is 0.734. The molecule has 0 spiro atoms. The molecule has 1 aliphatic heterocycles. The van der Waals surface area contributed by atoms with E-state index in [4.69, 9.17) is 28.8 Å². The highest BCUT2D eigenvalue weighted by Crippen LogP contribution is 2.58. The average Bonchev–Trinajstić information content (AvgIpc) is 1.09. The van der Waals surface area contributed by atoms with E-state index in [1.807, 2.05) is 60.8 Å². The van der Waals surface area contributed by atoms with Crippen LogP contribution < -0.4 is 25.4 Å². The molecule has 0 atom stereocenters. The van der Waals surface area contributed by atoms with E-state index in [0.29, 0.717) is 183 Å². The van der Waals surface area contributed by atoms with Crippen molar-refractivity contribution in [1.29, 1.82) is 0 Å². The van der Waals surface area contributed by atoms with Crippen LogP contribution in [0.2, 0.25) is 0 Å². The van der Waals surface area contributed by atoms with Crippen LogP contribution in [0.15, 0.2) is 42.5 Å². The molecule has 28 heteroatoms. The maximum absolute atomic E-state index is 14.5. The van der Waals surface area contributed by atoms with Crippen molar-refractivity contribution in [3.8, 4) is 28.4 Å². The molecule has 2 heterocycles. The first kappa shape index (κ1) is 79.0. The molecule has 2 aromatic carbocycles. The van der Waals surface area contributed by atoms with Crippen LogP contribution in [0.1, 0.15) is 117 Å². The Bertz CT molecular complexity index is 3060. The maximum Gasteiger partial charge on any atom is 0.330 e. The molecule has 0 unspecified atom stereocenters. The van der Waals surface area contributed by atoms with E-state index in [2.05, 4.69) is 25.8 Å². The van der Waals surface area contributed by atoms with Crippen molar-refractivity contribution in [2.24, 2.45) is 23.7 Å². The first-order valence-corrected chi connectivity index (χ1v) is 35.2. The van der Waals surface area contributed by atoms with Gasteiger partial charge in [-0.15, -0.1) is 0 Å². The number of benzene rings is 2. The molecule has 1 saturated heterocycles. The summed E-state index contributed by atoms with van der Waals surface area (Å²) in [5, 5.41) is 43.5. The lowest BCUT2D eigenvalue weighted by Crippen LogP contribution is -2.70. The molecule has 5 aliphatic rings. The van der Waals surface area contributed by atoms with Gasteiger partial charge in [0, 0.05) is 124 Å². The third-order valence-corrected chi connectivity index (χ3v) is 19.7. The number of nitrogens with one attached hydrogen (secondary N) is 3. The summed E-state index contributed by atoms with van der Waals surface area (Å²) in [5.41, 5.74) is 1.66. The largest absolute Gasteiger partial charge is 0.496 e. The molecular weight excluding hydrogens is 1280 g/mol. The summed E-state index contributed by atoms with van der Waals surface area (Å²) in [6.07, 6.45) is 7.11. The predicted octanol–water partition coefficient (Wildman–Crippen LogP) is 3.79. The number of amides is 5. The van der Waals surface area contributed by atoms with E-state index in [0.717, 1.165) is 57.2 Å². The molecule has 550 valence electrons. The van der Waals surface area contributed by atoms with E-state index in [9.17, 15) is 53.7 Å². The van der Waals surface area contributed by atoms with Crippen molar-refractivity contribution in [1.82, 2.24) is 60.0 Å². The van der Waals surface area contributed by atoms with Gasteiger partial charge in [-0.25, -0.2) is 9.48 Å². The van der Waals surface area contributed by atoms with Crippen molar-refractivity contribution in [3.63, 3.8) is 0 Å². The zero-order valence-electron chi connectivity index (χ0n) is 59.6. The number of ether oxygens (including phenoxy) is 5. The van der Waals surface area contributed by atoms with Gasteiger partial charge in [0.1, 0.15) is 17.0 Å². The number of methoxy groups -OCH3 is 2. The first-order chi connectivity index (χ1) is 47.5. The quantitative estimate of drug-likeness (QED) is 0.0441. The number of hydrogen-bond donors (Lipinski definition) is 6. The second kappa shape index (κ2) is 39.6. The number of rotatable bonds is 40. The molecule has 4 saturated carbocycles. The highest BCUT2D eigenvalue weighted by atomic mass is 16.5. The fourth-order valence-electron chi connectivity index (χ4n) is 14.4. The number of nitrogens with zero attached hydrogens (tertiary/aromatic N) is 9. The van der Waals surface area contributed by atoms with E-state index >= 15 is 0 Å². The molecule has 6 N–H and O–H groups in total. The van der Waals surface area contributed by atoms with Crippen LogP contribution in [0.3, 0.4) is 0 Å². The van der Waals surface area contributed by atoms with E-state index in [1.165, 1.54) is 0 Å². The standard InChI is InChI=1S/C71H110N12O16/c1-50(2)56-45-53(16-17-58(56)83-59(67-60(95-7)14-9-15-61(67)96-8)46-57(75-83)68(91)74-71(70(93)94)54-41-51-40-52(43-54)44-55(71)42-51)69(92)79(6)25-13-23-76(3)22-12-24-78(5)64(86)19-18-62(84)72-20-10-34-97-36-38-99-39-37-98-35-11-21-73-63(85)47-80-30-32-81(48-65(87)88)28-26-77(4)27-29-82(33-31-80)49-66(89)90/h9,14-17,45-46,50-52,54-55H,10-13,18-44,47-49H2,1-8H3,(H,72,84)(H,73,85)(H,74,91)(H,87,88)(H,89,90)(H,93,94). The van der Waals surface area contributed by atoms with Crippen LogP contribution in [0.5, 0.6) is 11.5 Å². The second-order valence-electron chi connectivity index (χ2n) is 27.4. The number of aliphatic carboxylic acids is 3. The van der Waals surface area contributed by atoms with Crippen LogP contribution in [0.25, 0.3) is 16.9 Å². The molecule has 99 heavy (non-hydrogen) atoms. The number of carbonyl (C=O) groups excluding carboxylic acids is 5. The topological polar surface area (TPSA) is 320 Å². The third kappa shape index (κ3) is 23.6. The minimum atomic E-state index is -1.37. The van der Waals surface area contributed by atoms with Gasteiger partial charge in [-0.2, -0.15) is 5.10 Å². The zero-order valence-corrected chi connectivity index (χ0v) is 59.6. The van der Waals surface area contributed by atoms with Gasteiger partial charge in [-0.1, -0.05) is 19.9 Å². The summed E-state index contributed by atoms with van der Waals surface area (Å²) in [7, 11) is 10.6. The van der Waals surface area contributed by atoms with Crippen LogP contribution in [-0.4, -0.2) is 306 Å². The highest BCUT2D eigenvalue weighted by Gasteiger charge is 2.62. The normalized spacial score (nSPS) is 20.1. The van der Waals surface area contributed by atoms with E-state index in [-0.39, 0.29) is 79.6 Å². The lowest BCUT2D eigenvalue weighted by molar-refractivity contribution is -0.163. The minimum Gasteiger partial charge on any atom is -0.496 e. The number of carboxylic acids is 3. The Labute approximate surface area is 583 Å². The molecule has 4 bridgehead atoms. The molecule has 8 rings (SSSR count). The lowest BCUT2D eigenvalue weighted by Gasteiger charge is -2.59. The highest BCUT2D eigenvalue weighted by molar-refractivity contribution is 5.99. The Hall–Kier alpha value is -7.31. The predicted molar refractivity (Wildman–Crippen MR) is 371 cm³/mol. The fourth-order valence-corrected chi connectivity index (χ4v) is 14.4. The number of carboxylic acid groups (broad SMARTS) is 3. The fraction of sp³-hybridized carbons (Fsp3) is 0.676. The van der Waals surface area contributed by atoms with Crippen LogP contribution in [0.4, 0.5) is 0 Å². The van der Waals surface area contributed by atoms with Gasteiger partial charge < -0.3 is 74.6 Å². The monoisotopic (exact) mass is 1390 g/mol. The Morgan fingerprint density at radius 1 is 0.606 bits per heavy atom. The number of hydrogen-bond acceptors (Lipinski definition) is 19. The average molecular weight is 1390 g/mol. The molecule has 1 aromatic heterocycles. The zero-order chi connectivity index (χ0) is 71.6. The van der Waals surface area contributed by atoms with Gasteiger partial charge in [-0.3, -0.25) is 48.3 Å². The first-order valence-electron chi connectivity index (χ1n) is 35.2. The maximum atomic E-state index is 14.5. The van der Waals surface area contributed by atoms with Gasteiger partial charge in [0.05, 0.1) is 77.2 Å². The molecular formula is C71H110N12O16. The van der Waals surface area contributed by atoms with Crippen LogP contribution >= 0.6 is 0 Å². The number of carbonyl (C=O) groups is 8. The molecule has 5 amide bonds. The lowest BCUT2D eigenvalue weighted by atomic mass is 9.48. The summed E-state index contributed by atoms with van der Waals surface area (Å²) in [6.45, 7) is 13.9. The van der Waals surface area contributed by atoms with Crippen molar-refractivity contribution in [2.45, 2.75) is 95.9 Å². The molecule has 3 aromatic rings. The summed E-state index contributed by atoms with van der Waals surface area (Å²) in [5.74, 6) is -2.45. The van der Waals surface area contributed by atoms with Crippen molar-refractivity contribution < 1.29 is 77.4 Å². The van der Waals surface area contributed by atoms with Crippen LogP contribution in [0, 0.1) is 23.7 Å². The molecule has 4 aliphatic carbocycles. The molecule has 28 nitrogen and oxygen atoms in total. The second-order valence-corrected chi connectivity index (χ2v) is 27.4. The third-order valence-electron chi connectivity index (χ3n) is 19.7. The SMILES string of the molecule is COc1cccc(OC)c1-c1cc(C(=O)NC2(C(=O)O)C3CC4CC(C3)CC2C4)nn1-c1ccc(C(=O)N(C)CCCN(C)CCCN(C)C(=O)CCC(=O)NCCCOCCOCCOCCCNC(=O)CN2CCN(CC(=O)O)CCN(C)CCN(CC(=O)O)CC2)cc1C(C)C.